The number of benzene rings is 6. The maximum atomic E-state index is 7.91. The zero-order valence-electron chi connectivity index (χ0n) is 40.4. The molecule has 0 N–H and O–H groups in total. The van der Waals surface area contributed by atoms with Gasteiger partial charge in [0, 0.05) is 46.9 Å². The average Bonchev–Trinajstić information content (AvgIpc) is 4.01. The molecule has 0 fully saturated rings. The molecule has 0 bridgehead atoms. The van der Waals surface area contributed by atoms with Gasteiger partial charge in [-0.1, -0.05) is 120 Å². The van der Waals surface area contributed by atoms with Crippen molar-refractivity contribution in [3.8, 4) is 39.5 Å². The molecule has 0 aliphatic rings. The van der Waals surface area contributed by atoms with E-state index < -0.39 is 6.85 Å². The summed E-state index contributed by atoms with van der Waals surface area (Å²) in [4.78, 5) is 14.6. The van der Waals surface area contributed by atoms with Gasteiger partial charge in [-0.05, 0) is 106 Å². The summed E-state index contributed by atoms with van der Waals surface area (Å²) in [7, 11) is 0. The van der Waals surface area contributed by atoms with E-state index in [1.807, 2.05) is 60.8 Å². The van der Waals surface area contributed by atoms with Crippen molar-refractivity contribution in [1.29, 1.82) is 0 Å². The average molecular weight is 1030 g/mol. The first-order valence-corrected chi connectivity index (χ1v) is 21.9. The molecular formula is C58H50IrN4O2-2. The number of fused-ring (bicyclic) bond motifs is 7. The molecule has 0 aliphatic carbocycles. The van der Waals surface area contributed by atoms with Gasteiger partial charge in [0.25, 0.3) is 0 Å². The van der Waals surface area contributed by atoms with Crippen molar-refractivity contribution in [2.75, 3.05) is 0 Å². The number of rotatable bonds is 6. The van der Waals surface area contributed by atoms with Crippen LogP contribution >= 0.6 is 0 Å². The van der Waals surface area contributed by atoms with Crippen LogP contribution in [0.3, 0.4) is 0 Å². The summed E-state index contributed by atoms with van der Waals surface area (Å²) in [6.45, 7) is 13.4. The van der Waals surface area contributed by atoms with Crippen LogP contribution in [-0.4, -0.2) is 19.5 Å². The first kappa shape index (κ1) is 39.9. The number of pyridine rings is 2. The molecule has 6 nitrogen and oxygen atoms in total. The Morgan fingerprint density at radius 3 is 2.14 bits per heavy atom. The van der Waals surface area contributed by atoms with Gasteiger partial charge in [-0.3, -0.25) is 4.98 Å². The van der Waals surface area contributed by atoms with E-state index in [-0.39, 0.29) is 42.9 Å². The molecule has 65 heavy (non-hydrogen) atoms. The van der Waals surface area contributed by atoms with Crippen molar-refractivity contribution in [1.82, 2.24) is 19.5 Å². The van der Waals surface area contributed by atoms with Crippen LogP contribution in [-0.2, 0) is 25.5 Å². The molecule has 7 heteroatoms. The second kappa shape index (κ2) is 17.4. The van der Waals surface area contributed by atoms with Gasteiger partial charge in [0.05, 0.1) is 22.4 Å². The number of aryl methyl sites for hydroxylation is 1. The van der Waals surface area contributed by atoms with Crippen LogP contribution in [0.1, 0.15) is 86.7 Å². The van der Waals surface area contributed by atoms with Crippen LogP contribution < -0.4 is 0 Å². The van der Waals surface area contributed by atoms with E-state index in [1.165, 1.54) is 27.8 Å². The fraction of sp³-hybridized carbons (Fsp3) is 0.190. The summed E-state index contributed by atoms with van der Waals surface area (Å²) in [5, 5.41) is 2.29. The molecule has 5 aromatic heterocycles. The minimum Gasteiger partial charge on any atom is -0.486 e. The zero-order chi connectivity index (χ0) is 46.8. The molecule has 5 heterocycles. The van der Waals surface area contributed by atoms with Crippen molar-refractivity contribution in [3.05, 3.63) is 180 Å². The Bertz CT molecular complexity index is 3590. The maximum absolute atomic E-state index is 7.91. The number of hydrogen-bond donors (Lipinski definition) is 0. The van der Waals surface area contributed by atoms with Gasteiger partial charge in [-0.15, -0.1) is 54.1 Å². The summed E-state index contributed by atoms with van der Waals surface area (Å²) < 4.78 is 38.8. The Kier molecular flexibility index (Phi) is 10.7. The minimum atomic E-state index is -2.25. The van der Waals surface area contributed by atoms with Crippen molar-refractivity contribution in [2.45, 2.75) is 72.6 Å². The number of hydrogen-bond acceptors (Lipinski definition) is 5. The van der Waals surface area contributed by atoms with E-state index in [0.717, 1.165) is 50.1 Å². The van der Waals surface area contributed by atoms with Gasteiger partial charge in [-0.2, -0.15) is 0 Å². The molecule has 0 aliphatic heterocycles. The fourth-order valence-electron chi connectivity index (χ4n) is 8.64. The zero-order valence-corrected chi connectivity index (χ0v) is 39.8. The first-order valence-electron chi connectivity index (χ1n) is 23.4. The number of furan rings is 2. The minimum absolute atomic E-state index is 0. The van der Waals surface area contributed by atoms with Crippen LogP contribution in [0.4, 0.5) is 0 Å². The predicted molar refractivity (Wildman–Crippen MR) is 263 cm³/mol. The molecule has 11 rings (SSSR count). The Morgan fingerprint density at radius 2 is 1.42 bits per heavy atom. The third kappa shape index (κ3) is 8.09. The summed E-state index contributed by atoms with van der Waals surface area (Å²) in [5.74, 6) is 1.18. The van der Waals surface area contributed by atoms with Crippen molar-refractivity contribution in [3.63, 3.8) is 0 Å². The molecule has 1 radical (unpaired) electrons. The van der Waals surface area contributed by atoms with Crippen LogP contribution in [0.2, 0.25) is 0 Å². The Hall–Kier alpha value is -6.66. The Morgan fingerprint density at radius 1 is 0.662 bits per heavy atom. The van der Waals surface area contributed by atoms with Crippen LogP contribution in [0.15, 0.2) is 155 Å². The summed E-state index contributed by atoms with van der Waals surface area (Å²) in [6, 6.07) is 53.0. The summed E-state index contributed by atoms with van der Waals surface area (Å²) in [5.41, 5.74) is 15.0. The summed E-state index contributed by atoms with van der Waals surface area (Å²) in [6.07, 6.45) is 1.87. The van der Waals surface area contributed by atoms with Gasteiger partial charge in [-0.25, -0.2) is 4.98 Å². The first-order chi connectivity index (χ1) is 32.1. The van der Waals surface area contributed by atoms with Crippen LogP contribution in [0.25, 0.3) is 94.6 Å². The normalized spacial score (nSPS) is 12.7. The van der Waals surface area contributed by atoms with Crippen molar-refractivity contribution < 1.29 is 33.1 Å². The smallest absolute Gasteiger partial charge is 0.216 e. The molecule has 0 saturated carbocycles. The van der Waals surface area contributed by atoms with Gasteiger partial charge < -0.3 is 18.4 Å². The van der Waals surface area contributed by atoms with E-state index >= 15 is 0 Å². The molecular weight excluding hydrogens is 977 g/mol. The van der Waals surface area contributed by atoms with Gasteiger partial charge in [0.15, 0.2) is 5.58 Å². The van der Waals surface area contributed by atoms with E-state index in [9.17, 15) is 0 Å². The summed E-state index contributed by atoms with van der Waals surface area (Å²) >= 11 is 0. The second-order valence-electron chi connectivity index (χ2n) is 18.1. The van der Waals surface area contributed by atoms with Crippen LogP contribution in [0.5, 0.6) is 0 Å². The molecule has 0 amide bonds. The van der Waals surface area contributed by atoms with E-state index in [0.29, 0.717) is 33.4 Å². The fourth-order valence-corrected chi connectivity index (χ4v) is 8.64. The van der Waals surface area contributed by atoms with Crippen molar-refractivity contribution in [2.24, 2.45) is 0 Å². The molecule has 6 aromatic carbocycles. The molecule has 0 unspecified atom stereocenters. The van der Waals surface area contributed by atoms with E-state index in [1.54, 1.807) is 18.2 Å². The van der Waals surface area contributed by atoms with Crippen LogP contribution in [0, 0.1) is 19.0 Å². The van der Waals surface area contributed by atoms with E-state index in [4.69, 9.17) is 22.9 Å². The molecule has 325 valence electrons. The largest absolute Gasteiger partial charge is 0.486 e. The number of para-hydroxylation sites is 2. The van der Waals surface area contributed by atoms with E-state index in [2.05, 4.69) is 137 Å². The molecule has 0 saturated heterocycles. The standard InChI is InChI=1S/C43H34N3O2.C15H16N.Ir/c1-24(2)31-21-28(27-12-7-6-8-13-27)22-32(25(3)4)40(31)46-36-17-10-9-16-35(36)44-42(46)30-15-11-14-29-33-23-38-39(45-43(33)48-41(29)30)34-20-26(5)18-19-37(34)47-38;1-15(2,3)13-9-10-16-14(11-13)12-7-5-4-6-8-12;/h6-14,16-25H,1-5H3;4-7,9-11H,1-3H3;/q2*-1;/i5D3;;. The Balaban J connectivity index is 0.000000289. The third-order valence-corrected chi connectivity index (χ3v) is 12.0. The van der Waals surface area contributed by atoms with Gasteiger partial charge in [0.2, 0.25) is 5.71 Å². The third-order valence-electron chi connectivity index (χ3n) is 12.0. The number of aromatic nitrogens is 4. The second-order valence-corrected chi connectivity index (χ2v) is 18.1. The SMILES string of the molecule is CC(C)(C)c1ccnc(-c2[c-]cccc2)c1.[2H]C([2H])([2H])c1ccc2oc3cc4c(nc3c2c1)oc1c(-c2nc3ccccc3n2-c2c(C(C)C)cc(-c3ccccc3)cc2C(C)C)[c-]ccc14.[Ir]. The topological polar surface area (TPSA) is 69.9 Å². The van der Waals surface area contributed by atoms with Gasteiger partial charge in [0.1, 0.15) is 11.1 Å². The quantitative estimate of drug-likeness (QED) is 0.155. The number of nitrogens with zero attached hydrogens (tertiary/aromatic N) is 4. The maximum Gasteiger partial charge on any atom is 0.216 e. The predicted octanol–water partition coefficient (Wildman–Crippen LogP) is 15.8. The van der Waals surface area contributed by atoms with Crippen molar-refractivity contribution >= 4 is 55.2 Å². The Labute approximate surface area is 398 Å². The monoisotopic (exact) mass is 1030 g/mol. The molecule has 0 spiro atoms. The number of imidazole rings is 1. The molecule has 0 atom stereocenters. The molecule has 11 aromatic rings. The van der Waals surface area contributed by atoms with Gasteiger partial charge >= 0.3 is 0 Å².